The van der Waals surface area contributed by atoms with Crippen LogP contribution in [0.3, 0.4) is 0 Å². The summed E-state index contributed by atoms with van der Waals surface area (Å²) >= 11 is 1.40. The molecule has 0 aliphatic carbocycles. The highest BCUT2D eigenvalue weighted by Gasteiger charge is 2.26. The number of thiazole rings is 1. The van der Waals surface area contributed by atoms with Gasteiger partial charge < -0.3 is 14.4 Å². The fourth-order valence-corrected chi connectivity index (χ4v) is 6.50. The van der Waals surface area contributed by atoms with E-state index in [2.05, 4.69) is 31.9 Å². The first kappa shape index (κ1) is 27.8. The van der Waals surface area contributed by atoms with Crippen LogP contribution in [-0.4, -0.2) is 74.6 Å². The number of carbonyl (C=O) groups is 1. The zero-order chi connectivity index (χ0) is 27.3. The molecule has 0 N–H and O–H groups in total. The molecule has 0 saturated heterocycles. The first-order valence-electron chi connectivity index (χ1n) is 12.4. The van der Waals surface area contributed by atoms with Gasteiger partial charge in [-0.05, 0) is 37.4 Å². The van der Waals surface area contributed by atoms with Gasteiger partial charge >= 0.3 is 0 Å². The van der Waals surface area contributed by atoms with Gasteiger partial charge in [0.15, 0.2) is 16.6 Å². The highest BCUT2D eigenvalue weighted by Crippen LogP contribution is 2.40. The molecule has 1 aliphatic rings. The minimum atomic E-state index is -3.77. The molecule has 0 radical (unpaired) electrons. The number of ether oxygens (including phenoxy) is 2. The summed E-state index contributed by atoms with van der Waals surface area (Å²) < 4.78 is 39.3. The van der Waals surface area contributed by atoms with Gasteiger partial charge in [0.1, 0.15) is 0 Å². The van der Waals surface area contributed by atoms with Crippen LogP contribution in [0, 0.1) is 0 Å². The zero-order valence-corrected chi connectivity index (χ0v) is 23.3. The van der Waals surface area contributed by atoms with E-state index in [1.54, 1.807) is 17.0 Å². The predicted octanol–water partition coefficient (Wildman–Crippen LogP) is 4.38. The van der Waals surface area contributed by atoms with E-state index in [9.17, 15) is 13.2 Å². The van der Waals surface area contributed by atoms with Crippen LogP contribution in [0.2, 0.25) is 0 Å². The molecule has 38 heavy (non-hydrogen) atoms. The summed E-state index contributed by atoms with van der Waals surface area (Å²) in [6.07, 6.45) is 3.05. The largest absolute Gasteiger partial charge is 0.454 e. The first-order valence-corrected chi connectivity index (χ1v) is 14.6. The third-order valence-electron chi connectivity index (χ3n) is 6.29. The second-order valence-electron chi connectivity index (χ2n) is 8.58. The Morgan fingerprint density at radius 3 is 2.26 bits per heavy atom. The van der Waals surface area contributed by atoms with Gasteiger partial charge in [0, 0.05) is 43.9 Å². The van der Waals surface area contributed by atoms with Crippen molar-refractivity contribution < 1.29 is 22.7 Å². The van der Waals surface area contributed by atoms with Crippen LogP contribution in [0.5, 0.6) is 11.5 Å². The molecule has 9 nitrogen and oxygen atoms in total. The van der Waals surface area contributed by atoms with E-state index < -0.39 is 10.0 Å². The molecule has 4 rings (SSSR count). The summed E-state index contributed by atoms with van der Waals surface area (Å²) in [5.41, 5.74) is 1.09. The van der Waals surface area contributed by atoms with Gasteiger partial charge in [0.05, 0.1) is 15.1 Å². The monoisotopic (exact) mass is 556 g/mol. The van der Waals surface area contributed by atoms with Gasteiger partial charge in [0.2, 0.25) is 16.8 Å². The minimum Gasteiger partial charge on any atom is -0.454 e. The third-order valence-corrected chi connectivity index (χ3v) is 9.17. The standard InChI is InChI=1S/C27H32N4O5S2/c1-5-13-30(14-6-2)38(33,34)21-11-9-20(10-12-21)26(32)31(16-15-29(7-3)8-4)27-28-22-17-23-24(36-19-35-23)18-25(22)37-27/h5-6,9-12,17-18H,1-2,7-8,13-16,19H2,3-4H3. The van der Waals surface area contributed by atoms with Crippen LogP contribution in [0.1, 0.15) is 24.2 Å². The fraction of sp³-hybridized carbons (Fsp3) is 0.333. The van der Waals surface area contributed by atoms with Crippen molar-refractivity contribution in [2.24, 2.45) is 0 Å². The second-order valence-corrected chi connectivity index (χ2v) is 11.5. The van der Waals surface area contributed by atoms with E-state index in [0.717, 1.165) is 23.3 Å². The number of benzene rings is 2. The van der Waals surface area contributed by atoms with Gasteiger partial charge in [-0.1, -0.05) is 37.3 Å². The molecule has 0 atom stereocenters. The number of likely N-dealkylation sites (N-methyl/N-ethyl adjacent to an activating group) is 1. The molecule has 0 bridgehead atoms. The van der Waals surface area contributed by atoms with Crippen LogP contribution in [0.25, 0.3) is 10.2 Å². The van der Waals surface area contributed by atoms with Gasteiger partial charge in [-0.3, -0.25) is 9.69 Å². The maximum absolute atomic E-state index is 13.8. The molecule has 2 heterocycles. The van der Waals surface area contributed by atoms with Crippen molar-refractivity contribution in [3.05, 3.63) is 67.3 Å². The molecule has 0 fully saturated rings. The van der Waals surface area contributed by atoms with Crippen molar-refractivity contribution >= 4 is 42.6 Å². The Morgan fingerprint density at radius 1 is 1.03 bits per heavy atom. The molecule has 1 aliphatic heterocycles. The Balaban J connectivity index is 1.64. The van der Waals surface area contributed by atoms with E-state index in [0.29, 0.717) is 35.3 Å². The number of amides is 1. The van der Waals surface area contributed by atoms with Crippen LogP contribution in [0.15, 0.2) is 66.6 Å². The van der Waals surface area contributed by atoms with Crippen molar-refractivity contribution in [3.8, 4) is 11.5 Å². The summed E-state index contributed by atoms with van der Waals surface area (Å²) in [4.78, 5) is 22.5. The van der Waals surface area contributed by atoms with Gasteiger partial charge in [-0.2, -0.15) is 4.31 Å². The number of rotatable bonds is 13. The second kappa shape index (κ2) is 12.1. The first-order chi connectivity index (χ1) is 18.3. The highest BCUT2D eigenvalue weighted by molar-refractivity contribution is 7.89. The maximum atomic E-state index is 13.8. The van der Waals surface area contributed by atoms with E-state index in [1.165, 1.54) is 39.9 Å². The number of nitrogens with zero attached hydrogens (tertiary/aromatic N) is 4. The topological polar surface area (TPSA) is 92.3 Å². The number of sulfonamides is 1. The number of anilines is 1. The molecule has 1 aromatic heterocycles. The zero-order valence-electron chi connectivity index (χ0n) is 21.6. The lowest BCUT2D eigenvalue weighted by molar-refractivity contribution is 0.0983. The van der Waals surface area contributed by atoms with Gasteiger partial charge in [-0.25, -0.2) is 13.4 Å². The van der Waals surface area contributed by atoms with Crippen molar-refractivity contribution in [2.45, 2.75) is 18.7 Å². The van der Waals surface area contributed by atoms with Crippen molar-refractivity contribution in [1.29, 1.82) is 0 Å². The third kappa shape index (κ3) is 5.75. The van der Waals surface area contributed by atoms with E-state index in [-0.39, 0.29) is 30.7 Å². The molecule has 2 aromatic carbocycles. The average molecular weight is 557 g/mol. The molecule has 3 aromatic rings. The molecule has 1 amide bonds. The SMILES string of the molecule is C=CCN(CC=C)S(=O)(=O)c1ccc(C(=O)N(CCN(CC)CC)c2nc3cc4c(cc3s2)OCO4)cc1. The molecular weight excluding hydrogens is 524 g/mol. The van der Waals surface area contributed by atoms with E-state index in [4.69, 9.17) is 14.5 Å². The molecule has 0 spiro atoms. The predicted molar refractivity (Wildman–Crippen MR) is 151 cm³/mol. The van der Waals surface area contributed by atoms with Crippen molar-refractivity contribution in [1.82, 2.24) is 14.2 Å². The quantitative estimate of drug-likeness (QED) is 0.289. The number of hydrogen-bond acceptors (Lipinski definition) is 8. The Bertz CT molecular complexity index is 1360. The number of fused-ring (bicyclic) bond motifs is 2. The fourth-order valence-electron chi connectivity index (χ4n) is 4.12. The van der Waals surface area contributed by atoms with E-state index >= 15 is 0 Å². The van der Waals surface area contributed by atoms with Crippen molar-refractivity contribution in [3.63, 3.8) is 0 Å². The lowest BCUT2D eigenvalue weighted by Crippen LogP contribution is -2.39. The van der Waals surface area contributed by atoms with Gasteiger partial charge in [0.25, 0.3) is 5.91 Å². The number of carbonyl (C=O) groups excluding carboxylic acids is 1. The number of hydrogen-bond donors (Lipinski definition) is 0. The smallest absolute Gasteiger partial charge is 0.260 e. The minimum absolute atomic E-state index is 0.0990. The lowest BCUT2D eigenvalue weighted by atomic mass is 10.2. The Morgan fingerprint density at radius 2 is 1.66 bits per heavy atom. The Labute approximate surface area is 227 Å². The Hall–Kier alpha value is -3.25. The molecular formula is C27H32N4O5S2. The summed E-state index contributed by atoms with van der Waals surface area (Å²) in [5.74, 6) is 1.04. The summed E-state index contributed by atoms with van der Waals surface area (Å²) in [6, 6.07) is 9.71. The van der Waals surface area contributed by atoms with E-state index in [1.807, 2.05) is 12.1 Å². The lowest BCUT2D eigenvalue weighted by Gasteiger charge is -2.25. The van der Waals surface area contributed by atoms with Crippen molar-refractivity contribution in [2.75, 3.05) is 51.0 Å². The van der Waals surface area contributed by atoms with Crippen LogP contribution in [-0.2, 0) is 10.0 Å². The molecule has 0 unspecified atom stereocenters. The van der Waals surface area contributed by atoms with Crippen LogP contribution in [0.4, 0.5) is 5.13 Å². The summed E-state index contributed by atoms with van der Waals surface area (Å²) in [5, 5.41) is 0.556. The normalized spacial score (nSPS) is 12.8. The van der Waals surface area contributed by atoms with Gasteiger partial charge in [-0.15, -0.1) is 13.2 Å². The summed E-state index contributed by atoms with van der Waals surface area (Å²) in [7, 11) is -3.77. The van der Waals surface area contributed by atoms with Crippen LogP contribution < -0.4 is 14.4 Å². The average Bonchev–Trinajstić information content (AvgIpc) is 3.55. The van der Waals surface area contributed by atoms with Crippen LogP contribution >= 0.6 is 11.3 Å². The summed E-state index contributed by atoms with van der Waals surface area (Å²) in [6.45, 7) is 14.7. The Kier molecular flexibility index (Phi) is 8.83. The molecule has 202 valence electrons. The maximum Gasteiger partial charge on any atom is 0.260 e. The molecule has 11 heteroatoms. The molecule has 0 saturated carbocycles. The highest BCUT2D eigenvalue weighted by atomic mass is 32.2. The number of aromatic nitrogens is 1.